The summed E-state index contributed by atoms with van der Waals surface area (Å²) < 4.78 is 11.2. The van der Waals surface area contributed by atoms with E-state index in [1.807, 2.05) is 12.1 Å². The molecule has 0 bridgehead atoms. The van der Waals surface area contributed by atoms with Gasteiger partial charge in [0, 0.05) is 24.6 Å². The van der Waals surface area contributed by atoms with Gasteiger partial charge in [-0.25, -0.2) is 0 Å². The van der Waals surface area contributed by atoms with E-state index in [-0.39, 0.29) is 11.9 Å². The van der Waals surface area contributed by atoms with E-state index >= 15 is 0 Å². The maximum atomic E-state index is 11.8. The van der Waals surface area contributed by atoms with E-state index in [9.17, 15) is 4.79 Å². The minimum absolute atomic E-state index is 0.0434. The molecule has 98 valence electrons. The van der Waals surface area contributed by atoms with Crippen LogP contribution < -0.4 is 0 Å². The van der Waals surface area contributed by atoms with Crippen LogP contribution in [-0.2, 0) is 14.3 Å². The van der Waals surface area contributed by atoms with Crippen LogP contribution in [0.4, 0.5) is 0 Å². The lowest BCUT2D eigenvalue weighted by atomic mass is 10.1. The molecule has 0 amide bonds. The van der Waals surface area contributed by atoms with Crippen molar-refractivity contribution < 1.29 is 14.3 Å². The molecule has 0 aliphatic heterocycles. The molecule has 1 aromatic rings. The Morgan fingerprint density at radius 2 is 2.28 bits per heavy atom. The second-order valence-electron chi connectivity index (χ2n) is 4.52. The number of hydrogen-bond donors (Lipinski definition) is 0. The molecule has 1 fully saturated rings. The number of carbonyl (C=O) groups excluding carboxylic acids is 1. The fourth-order valence-corrected chi connectivity index (χ4v) is 2.46. The van der Waals surface area contributed by atoms with Gasteiger partial charge in [-0.2, -0.15) is 0 Å². The lowest BCUT2D eigenvalue weighted by Crippen LogP contribution is -2.10. The lowest BCUT2D eigenvalue weighted by molar-refractivity contribution is -0.145. The molecule has 2 rings (SSSR count). The van der Waals surface area contributed by atoms with Crippen LogP contribution in [0.25, 0.3) is 0 Å². The van der Waals surface area contributed by atoms with Gasteiger partial charge in [-0.3, -0.25) is 4.79 Å². The van der Waals surface area contributed by atoms with Crippen LogP contribution in [0, 0.1) is 5.92 Å². The smallest absolute Gasteiger partial charge is 0.309 e. The second kappa shape index (κ2) is 6.34. The first kappa shape index (κ1) is 13.6. The zero-order valence-corrected chi connectivity index (χ0v) is 12.0. The predicted octanol–water partition coefficient (Wildman–Crippen LogP) is 3.13. The highest BCUT2D eigenvalue weighted by molar-refractivity contribution is 9.10. The summed E-state index contributed by atoms with van der Waals surface area (Å²) in [7, 11) is 1.64. The molecule has 1 aromatic carbocycles. The number of hydrogen-bond acceptors (Lipinski definition) is 3. The number of halogens is 1. The third-order valence-electron chi connectivity index (χ3n) is 3.11. The van der Waals surface area contributed by atoms with Crippen LogP contribution in [0.3, 0.4) is 0 Å². The van der Waals surface area contributed by atoms with E-state index in [0.717, 1.165) is 17.3 Å². The first-order chi connectivity index (χ1) is 8.72. The van der Waals surface area contributed by atoms with Crippen LogP contribution in [0.5, 0.6) is 0 Å². The molecule has 0 saturated heterocycles. The number of rotatable bonds is 6. The van der Waals surface area contributed by atoms with Crippen LogP contribution >= 0.6 is 15.9 Å². The Kier molecular flexibility index (Phi) is 4.78. The van der Waals surface area contributed by atoms with Gasteiger partial charge >= 0.3 is 5.97 Å². The number of methoxy groups -OCH3 is 1. The highest BCUT2D eigenvalue weighted by Gasteiger charge is 2.45. The van der Waals surface area contributed by atoms with E-state index in [4.69, 9.17) is 9.47 Å². The maximum Gasteiger partial charge on any atom is 0.309 e. The Hall–Kier alpha value is -0.870. The summed E-state index contributed by atoms with van der Waals surface area (Å²) in [5.74, 6) is 0.301. The summed E-state index contributed by atoms with van der Waals surface area (Å²) in [5.41, 5.74) is 1.21. The Balaban J connectivity index is 1.78. The molecule has 0 N–H and O–H groups in total. The summed E-state index contributed by atoms with van der Waals surface area (Å²) in [6.07, 6.45) is 1.66. The van der Waals surface area contributed by atoms with Gasteiger partial charge in [-0.1, -0.05) is 28.1 Å². The van der Waals surface area contributed by atoms with Crippen molar-refractivity contribution in [1.29, 1.82) is 0 Å². The molecule has 0 heterocycles. The van der Waals surface area contributed by atoms with Crippen molar-refractivity contribution in [3.05, 3.63) is 34.3 Å². The third-order valence-corrected chi connectivity index (χ3v) is 3.60. The van der Waals surface area contributed by atoms with Gasteiger partial charge in [0.2, 0.25) is 0 Å². The zero-order valence-electron chi connectivity index (χ0n) is 10.4. The van der Waals surface area contributed by atoms with Gasteiger partial charge in [0.25, 0.3) is 0 Å². The van der Waals surface area contributed by atoms with Crippen molar-refractivity contribution in [2.45, 2.75) is 18.8 Å². The quantitative estimate of drug-likeness (QED) is 0.598. The van der Waals surface area contributed by atoms with E-state index in [1.165, 1.54) is 5.56 Å². The first-order valence-electron chi connectivity index (χ1n) is 6.13. The molecule has 4 heteroatoms. The molecule has 0 radical (unpaired) electrons. The van der Waals surface area contributed by atoms with E-state index in [1.54, 1.807) is 7.11 Å². The number of ether oxygens (including phenoxy) is 2. The largest absolute Gasteiger partial charge is 0.465 e. The summed E-state index contributed by atoms with van der Waals surface area (Å²) in [6, 6.07) is 8.12. The van der Waals surface area contributed by atoms with Gasteiger partial charge in [-0.05, 0) is 30.0 Å². The van der Waals surface area contributed by atoms with Gasteiger partial charge < -0.3 is 9.47 Å². The maximum absolute atomic E-state index is 11.8. The average molecular weight is 313 g/mol. The van der Waals surface area contributed by atoms with Gasteiger partial charge in [0.05, 0.1) is 12.5 Å². The Bertz CT molecular complexity index is 419. The SMILES string of the molecule is COCCCOC(=O)C1CC1c1cccc(Br)c1. The first-order valence-corrected chi connectivity index (χ1v) is 6.92. The Morgan fingerprint density at radius 3 is 3.00 bits per heavy atom. The number of esters is 1. The molecular weight excluding hydrogens is 296 g/mol. The summed E-state index contributed by atoms with van der Waals surface area (Å²) in [6.45, 7) is 1.08. The van der Waals surface area contributed by atoms with E-state index < -0.39 is 0 Å². The molecule has 2 atom stereocenters. The molecule has 2 unspecified atom stereocenters. The van der Waals surface area contributed by atoms with Crippen molar-refractivity contribution in [3.8, 4) is 0 Å². The number of carbonyl (C=O) groups is 1. The average Bonchev–Trinajstić information content (AvgIpc) is 3.15. The highest BCUT2D eigenvalue weighted by atomic mass is 79.9. The van der Waals surface area contributed by atoms with Crippen molar-refractivity contribution in [2.75, 3.05) is 20.3 Å². The third kappa shape index (κ3) is 3.56. The standard InChI is InChI=1S/C14H17BrO3/c1-17-6-3-7-18-14(16)13-9-12(13)10-4-2-5-11(15)8-10/h2,4-5,8,12-13H,3,6-7,9H2,1H3. The highest BCUT2D eigenvalue weighted by Crippen LogP contribution is 2.48. The Morgan fingerprint density at radius 1 is 1.44 bits per heavy atom. The van der Waals surface area contributed by atoms with Crippen LogP contribution in [0.1, 0.15) is 24.3 Å². The summed E-state index contributed by atoms with van der Waals surface area (Å²) in [4.78, 5) is 11.8. The van der Waals surface area contributed by atoms with Crippen molar-refractivity contribution in [3.63, 3.8) is 0 Å². The van der Waals surface area contributed by atoms with Gasteiger partial charge in [0.15, 0.2) is 0 Å². The van der Waals surface area contributed by atoms with Crippen molar-refractivity contribution >= 4 is 21.9 Å². The minimum atomic E-state index is -0.0731. The van der Waals surface area contributed by atoms with Crippen molar-refractivity contribution in [2.24, 2.45) is 5.92 Å². The monoisotopic (exact) mass is 312 g/mol. The normalized spacial score (nSPS) is 21.7. The zero-order chi connectivity index (χ0) is 13.0. The fourth-order valence-electron chi connectivity index (χ4n) is 2.04. The van der Waals surface area contributed by atoms with E-state index in [2.05, 4.69) is 28.1 Å². The van der Waals surface area contributed by atoms with Crippen molar-refractivity contribution in [1.82, 2.24) is 0 Å². The van der Waals surface area contributed by atoms with Gasteiger partial charge in [-0.15, -0.1) is 0 Å². The molecule has 0 spiro atoms. The van der Waals surface area contributed by atoms with E-state index in [0.29, 0.717) is 19.1 Å². The van der Waals surface area contributed by atoms with Crippen LogP contribution in [0.15, 0.2) is 28.7 Å². The molecule has 1 saturated carbocycles. The molecule has 18 heavy (non-hydrogen) atoms. The molecule has 1 aliphatic carbocycles. The van der Waals surface area contributed by atoms with Crippen LogP contribution in [-0.4, -0.2) is 26.3 Å². The van der Waals surface area contributed by atoms with Crippen LogP contribution in [0.2, 0.25) is 0 Å². The fraction of sp³-hybridized carbons (Fsp3) is 0.500. The minimum Gasteiger partial charge on any atom is -0.465 e. The molecular formula is C14H17BrO3. The Labute approximate surface area is 116 Å². The predicted molar refractivity (Wildman–Crippen MR) is 72.4 cm³/mol. The number of benzene rings is 1. The lowest BCUT2D eigenvalue weighted by Gasteiger charge is -2.04. The second-order valence-corrected chi connectivity index (χ2v) is 5.43. The topological polar surface area (TPSA) is 35.5 Å². The summed E-state index contributed by atoms with van der Waals surface area (Å²) >= 11 is 3.44. The molecule has 0 aromatic heterocycles. The summed E-state index contributed by atoms with van der Waals surface area (Å²) in [5, 5.41) is 0. The molecule has 1 aliphatic rings. The molecule has 3 nitrogen and oxygen atoms in total. The van der Waals surface area contributed by atoms with Gasteiger partial charge in [0.1, 0.15) is 0 Å².